The maximum absolute atomic E-state index is 12.6. The summed E-state index contributed by atoms with van der Waals surface area (Å²) in [6, 6.07) is 6.84. The van der Waals surface area contributed by atoms with E-state index in [-0.39, 0.29) is 12.5 Å². The lowest BCUT2D eigenvalue weighted by Gasteiger charge is -2.37. The monoisotopic (exact) mass is 326 g/mol. The van der Waals surface area contributed by atoms with Gasteiger partial charge < -0.3 is 14.4 Å². The molecule has 1 amide bonds. The molecule has 2 aliphatic heterocycles. The Hall–Kier alpha value is -1.80. The van der Waals surface area contributed by atoms with E-state index in [0.717, 1.165) is 6.26 Å². The molecule has 3 rings (SSSR count). The average molecular weight is 326 g/mol. The molecular weight excluding hydrogens is 308 g/mol. The largest absolute Gasteiger partial charge is 0.476 e. The summed E-state index contributed by atoms with van der Waals surface area (Å²) in [5.41, 5.74) is 0.469. The molecule has 2 heterocycles. The fourth-order valence-corrected chi connectivity index (χ4v) is 3.55. The van der Waals surface area contributed by atoms with Crippen LogP contribution < -0.4 is 9.04 Å². The zero-order valence-electron chi connectivity index (χ0n) is 12.3. The number of para-hydroxylation sites is 2. The molecule has 0 N–H and O–H groups in total. The lowest BCUT2D eigenvalue weighted by atomic mass is 10.2. The van der Waals surface area contributed by atoms with Crippen LogP contribution in [0.5, 0.6) is 5.75 Å². The van der Waals surface area contributed by atoms with Crippen molar-refractivity contribution in [3.05, 3.63) is 24.3 Å². The fraction of sp³-hybridized carbons (Fsp3) is 0.500. The molecule has 0 spiro atoms. The van der Waals surface area contributed by atoms with Gasteiger partial charge in [-0.05, 0) is 12.1 Å². The Balaban J connectivity index is 1.88. The molecule has 0 bridgehead atoms. The average Bonchev–Trinajstić information content (AvgIpc) is 2.53. The molecular formula is C14H18N2O5S. The van der Waals surface area contributed by atoms with E-state index in [1.54, 1.807) is 29.2 Å². The molecule has 0 radical (unpaired) electrons. The van der Waals surface area contributed by atoms with Crippen LogP contribution in [0.3, 0.4) is 0 Å². The number of hydrogen-bond donors (Lipinski definition) is 0. The third-order valence-electron chi connectivity index (χ3n) is 3.73. The molecule has 0 aromatic heterocycles. The van der Waals surface area contributed by atoms with Crippen molar-refractivity contribution in [1.82, 2.24) is 4.90 Å². The third-order valence-corrected chi connectivity index (χ3v) is 4.88. The van der Waals surface area contributed by atoms with Crippen molar-refractivity contribution >= 4 is 21.6 Å². The lowest BCUT2D eigenvalue weighted by Crippen LogP contribution is -2.53. The summed E-state index contributed by atoms with van der Waals surface area (Å²) >= 11 is 0. The van der Waals surface area contributed by atoms with E-state index in [2.05, 4.69) is 0 Å². The Morgan fingerprint density at radius 1 is 1.23 bits per heavy atom. The number of benzene rings is 1. The van der Waals surface area contributed by atoms with Crippen molar-refractivity contribution in [2.45, 2.75) is 6.10 Å². The topological polar surface area (TPSA) is 76.2 Å². The van der Waals surface area contributed by atoms with E-state index in [4.69, 9.17) is 9.47 Å². The molecule has 1 saturated heterocycles. The second-order valence-electron chi connectivity index (χ2n) is 5.31. The minimum absolute atomic E-state index is 0.00790. The number of nitrogens with zero attached hydrogens (tertiary/aromatic N) is 2. The van der Waals surface area contributed by atoms with Crippen molar-refractivity contribution in [3.8, 4) is 5.75 Å². The van der Waals surface area contributed by atoms with Gasteiger partial charge in [0.15, 0.2) is 6.10 Å². The van der Waals surface area contributed by atoms with Gasteiger partial charge in [0, 0.05) is 13.1 Å². The van der Waals surface area contributed by atoms with Crippen LogP contribution in [0.25, 0.3) is 0 Å². The van der Waals surface area contributed by atoms with Gasteiger partial charge in [0.25, 0.3) is 5.91 Å². The Morgan fingerprint density at radius 3 is 2.59 bits per heavy atom. The zero-order valence-corrected chi connectivity index (χ0v) is 13.1. The van der Waals surface area contributed by atoms with Crippen LogP contribution >= 0.6 is 0 Å². The highest BCUT2D eigenvalue weighted by atomic mass is 32.2. The number of anilines is 1. The molecule has 120 valence electrons. The first kappa shape index (κ1) is 15.1. The number of rotatable bonds is 2. The summed E-state index contributed by atoms with van der Waals surface area (Å²) in [5.74, 6) is 0.206. The van der Waals surface area contributed by atoms with Gasteiger partial charge in [0.1, 0.15) is 5.75 Å². The molecule has 2 aliphatic rings. The van der Waals surface area contributed by atoms with E-state index in [1.165, 1.54) is 4.31 Å². The molecule has 0 unspecified atom stereocenters. The Morgan fingerprint density at radius 2 is 1.91 bits per heavy atom. The number of carbonyl (C=O) groups is 1. The second kappa shape index (κ2) is 5.77. The van der Waals surface area contributed by atoms with Gasteiger partial charge in [0.05, 0.1) is 31.7 Å². The van der Waals surface area contributed by atoms with Crippen LogP contribution in [-0.4, -0.2) is 64.4 Å². The molecule has 22 heavy (non-hydrogen) atoms. The van der Waals surface area contributed by atoms with Crippen molar-refractivity contribution in [2.24, 2.45) is 0 Å². The van der Waals surface area contributed by atoms with Gasteiger partial charge in [-0.25, -0.2) is 8.42 Å². The highest BCUT2D eigenvalue weighted by Crippen LogP contribution is 2.34. The quantitative estimate of drug-likeness (QED) is 0.769. The second-order valence-corrected chi connectivity index (χ2v) is 7.21. The molecule has 0 saturated carbocycles. The van der Waals surface area contributed by atoms with Gasteiger partial charge in [-0.15, -0.1) is 0 Å². The van der Waals surface area contributed by atoms with Gasteiger partial charge in [-0.2, -0.15) is 0 Å². The standard InChI is InChI=1S/C14H18N2O5S/c1-22(18,19)16-10-13(14(17)15-6-8-20-9-7-15)21-12-5-3-2-4-11(12)16/h2-5,13H,6-10H2,1H3/t13-/m1/s1. The number of hydrogen-bond acceptors (Lipinski definition) is 5. The summed E-state index contributed by atoms with van der Waals surface area (Å²) in [7, 11) is -3.48. The van der Waals surface area contributed by atoms with E-state index in [0.29, 0.717) is 37.7 Å². The number of morpholine rings is 1. The van der Waals surface area contributed by atoms with Crippen molar-refractivity contribution in [1.29, 1.82) is 0 Å². The summed E-state index contributed by atoms with van der Waals surface area (Å²) < 4.78 is 36.2. The minimum Gasteiger partial charge on any atom is -0.476 e. The molecule has 7 nitrogen and oxygen atoms in total. The fourth-order valence-electron chi connectivity index (χ4n) is 2.63. The Bertz CT molecular complexity index is 670. The van der Waals surface area contributed by atoms with E-state index in [1.807, 2.05) is 0 Å². The van der Waals surface area contributed by atoms with E-state index < -0.39 is 16.1 Å². The number of sulfonamides is 1. The number of carbonyl (C=O) groups excluding carboxylic acids is 1. The number of amides is 1. The van der Waals surface area contributed by atoms with Crippen molar-refractivity contribution in [2.75, 3.05) is 43.4 Å². The van der Waals surface area contributed by atoms with Crippen LogP contribution in [0, 0.1) is 0 Å². The van der Waals surface area contributed by atoms with Gasteiger partial charge in [-0.3, -0.25) is 9.10 Å². The number of ether oxygens (including phenoxy) is 2. The van der Waals surface area contributed by atoms with Crippen LogP contribution in [0.2, 0.25) is 0 Å². The molecule has 1 aromatic carbocycles. The normalized spacial score (nSPS) is 22.0. The zero-order chi connectivity index (χ0) is 15.7. The first-order valence-corrected chi connectivity index (χ1v) is 8.91. The first-order valence-electron chi connectivity index (χ1n) is 7.07. The minimum atomic E-state index is -3.48. The van der Waals surface area contributed by atoms with Crippen LogP contribution in [0.1, 0.15) is 0 Å². The van der Waals surface area contributed by atoms with Crippen molar-refractivity contribution in [3.63, 3.8) is 0 Å². The van der Waals surface area contributed by atoms with Gasteiger partial charge >= 0.3 is 0 Å². The predicted octanol–water partition coefficient (Wildman–Crippen LogP) is 0.0724. The Kier molecular flexibility index (Phi) is 3.96. The van der Waals surface area contributed by atoms with Crippen LogP contribution in [0.15, 0.2) is 24.3 Å². The van der Waals surface area contributed by atoms with Crippen molar-refractivity contribution < 1.29 is 22.7 Å². The molecule has 8 heteroatoms. The van der Waals surface area contributed by atoms with Crippen LogP contribution in [-0.2, 0) is 19.6 Å². The van der Waals surface area contributed by atoms with E-state index in [9.17, 15) is 13.2 Å². The maximum atomic E-state index is 12.6. The van der Waals surface area contributed by atoms with Crippen LogP contribution in [0.4, 0.5) is 5.69 Å². The number of fused-ring (bicyclic) bond motifs is 1. The van der Waals surface area contributed by atoms with E-state index >= 15 is 0 Å². The third kappa shape index (κ3) is 2.89. The predicted molar refractivity (Wildman–Crippen MR) is 80.4 cm³/mol. The molecule has 1 fully saturated rings. The highest BCUT2D eigenvalue weighted by Gasteiger charge is 2.37. The molecule has 0 aliphatic carbocycles. The van der Waals surface area contributed by atoms with Gasteiger partial charge in [-0.1, -0.05) is 12.1 Å². The first-order chi connectivity index (χ1) is 10.5. The SMILES string of the molecule is CS(=O)(=O)N1C[C@H](C(=O)N2CCOCC2)Oc2ccccc21. The van der Waals surface area contributed by atoms with Gasteiger partial charge in [0.2, 0.25) is 10.0 Å². The summed E-state index contributed by atoms with van der Waals surface area (Å²) in [4.78, 5) is 14.2. The Labute approximate surface area is 129 Å². The highest BCUT2D eigenvalue weighted by molar-refractivity contribution is 7.92. The lowest BCUT2D eigenvalue weighted by molar-refractivity contribution is -0.142. The summed E-state index contributed by atoms with van der Waals surface area (Å²) in [6.07, 6.45) is 0.300. The molecule has 1 aromatic rings. The maximum Gasteiger partial charge on any atom is 0.265 e. The smallest absolute Gasteiger partial charge is 0.265 e. The summed E-state index contributed by atoms with van der Waals surface area (Å²) in [6.45, 7) is 1.97. The molecule has 1 atom stereocenters. The summed E-state index contributed by atoms with van der Waals surface area (Å²) in [5, 5.41) is 0.